The summed E-state index contributed by atoms with van der Waals surface area (Å²) >= 11 is 5.67. The Kier molecular flexibility index (Phi) is 4.77. The average Bonchev–Trinajstić information content (AvgIpc) is 1.99. The lowest BCUT2D eigenvalue weighted by Gasteiger charge is -1.97. The lowest BCUT2D eigenvalue weighted by atomic mass is 10.4. The van der Waals surface area contributed by atoms with Crippen molar-refractivity contribution in [2.24, 2.45) is 0 Å². The van der Waals surface area contributed by atoms with Crippen LogP contribution in [0.3, 0.4) is 0 Å². The first-order valence-electron chi connectivity index (χ1n) is 2.94. The van der Waals surface area contributed by atoms with Crippen LogP contribution in [0.2, 0.25) is 0 Å². The van der Waals surface area contributed by atoms with Crippen LogP contribution >= 0.6 is 11.6 Å². The van der Waals surface area contributed by atoms with E-state index in [0.717, 1.165) is 0 Å². The Hall–Kier alpha value is -0.690. The van der Waals surface area contributed by atoms with Gasteiger partial charge in [-0.1, -0.05) is 24.3 Å². The third kappa shape index (κ3) is 3.36. The summed E-state index contributed by atoms with van der Waals surface area (Å²) in [5.41, 5.74) is 0. The van der Waals surface area contributed by atoms with Gasteiger partial charge in [0.15, 0.2) is 0 Å². The minimum Gasteiger partial charge on any atom is -0.497 e. The number of methoxy groups -OCH3 is 1. The highest BCUT2D eigenvalue weighted by Gasteiger charge is 1.88. The molecule has 0 rings (SSSR count). The molecule has 0 saturated heterocycles. The van der Waals surface area contributed by atoms with E-state index in [-0.39, 0.29) is 0 Å². The fraction of sp³-hybridized carbons (Fsp3) is 0.250. The summed E-state index contributed by atoms with van der Waals surface area (Å²) in [5, 5.41) is 0.650. The monoisotopic (exact) mass is 158 g/mol. The molecule has 0 heterocycles. The second-order valence-electron chi connectivity index (χ2n) is 1.63. The van der Waals surface area contributed by atoms with Gasteiger partial charge in [-0.3, -0.25) is 0 Å². The first-order valence-corrected chi connectivity index (χ1v) is 3.32. The van der Waals surface area contributed by atoms with Crippen LogP contribution in [0.15, 0.2) is 35.6 Å². The SMILES string of the molecule is C=C/C(=C\C(Cl)=C/C)OC. The molecule has 0 amide bonds. The van der Waals surface area contributed by atoms with Crippen LogP contribution in [-0.4, -0.2) is 7.11 Å². The summed E-state index contributed by atoms with van der Waals surface area (Å²) < 4.78 is 4.89. The topological polar surface area (TPSA) is 9.23 Å². The van der Waals surface area contributed by atoms with E-state index in [1.807, 2.05) is 6.92 Å². The molecule has 56 valence electrons. The minimum atomic E-state index is 0.650. The molecule has 10 heavy (non-hydrogen) atoms. The molecule has 0 saturated carbocycles. The van der Waals surface area contributed by atoms with Crippen molar-refractivity contribution >= 4 is 11.6 Å². The molecule has 0 aromatic rings. The number of hydrogen-bond donors (Lipinski definition) is 0. The highest BCUT2D eigenvalue weighted by Crippen LogP contribution is 2.07. The van der Waals surface area contributed by atoms with Gasteiger partial charge in [0.2, 0.25) is 0 Å². The normalized spacial score (nSPS) is 13.1. The minimum absolute atomic E-state index is 0.650. The molecule has 0 radical (unpaired) electrons. The van der Waals surface area contributed by atoms with Crippen LogP contribution in [0.1, 0.15) is 6.92 Å². The van der Waals surface area contributed by atoms with Crippen LogP contribution in [0, 0.1) is 0 Å². The lowest BCUT2D eigenvalue weighted by molar-refractivity contribution is 0.307. The van der Waals surface area contributed by atoms with Crippen molar-refractivity contribution in [1.29, 1.82) is 0 Å². The van der Waals surface area contributed by atoms with Crippen molar-refractivity contribution < 1.29 is 4.74 Å². The predicted octanol–water partition coefficient (Wildman–Crippen LogP) is 2.85. The second kappa shape index (κ2) is 5.12. The molecule has 0 N–H and O–H groups in total. The molecule has 0 aliphatic carbocycles. The first kappa shape index (κ1) is 9.31. The number of halogens is 1. The molecule has 0 aliphatic rings. The van der Waals surface area contributed by atoms with E-state index < -0.39 is 0 Å². The standard InChI is InChI=1S/C8H11ClO/c1-4-7(9)6-8(5-2)10-3/h4-6H,2H2,1,3H3/b7-4+,8-6+. The van der Waals surface area contributed by atoms with Gasteiger partial charge in [0.1, 0.15) is 5.76 Å². The maximum Gasteiger partial charge on any atom is 0.119 e. The maximum absolute atomic E-state index is 5.67. The van der Waals surface area contributed by atoms with E-state index in [0.29, 0.717) is 10.8 Å². The fourth-order valence-electron chi connectivity index (χ4n) is 0.420. The van der Waals surface area contributed by atoms with Crippen LogP contribution in [0.5, 0.6) is 0 Å². The van der Waals surface area contributed by atoms with Crippen molar-refractivity contribution in [3.8, 4) is 0 Å². The van der Waals surface area contributed by atoms with Crippen LogP contribution < -0.4 is 0 Å². The molecule has 0 fully saturated rings. The first-order chi connectivity index (χ1) is 4.74. The van der Waals surface area contributed by atoms with E-state index in [1.54, 1.807) is 25.3 Å². The summed E-state index contributed by atoms with van der Waals surface area (Å²) in [4.78, 5) is 0. The van der Waals surface area contributed by atoms with Gasteiger partial charge in [-0.2, -0.15) is 0 Å². The molecule has 0 unspecified atom stereocenters. The van der Waals surface area contributed by atoms with Crippen molar-refractivity contribution in [2.45, 2.75) is 6.92 Å². The molecule has 0 aliphatic heterocycles. The van der Waals surface area contributed by atoms with E-state index in [9.17, 15) is 0 Å². The van der Waals surface area contributed by atoms with Gasteiger partial charge < -0.3 is 4.74 Å². The molecule has 0 atom stereocenters. The zero-order chi connectivity index (χ0) is 7.98. The van der Waals surface area contributed by atoms with Gasteiger partial charge in [0, 0.05) is 5.03 Å². The number of allylic oxidation sites excluding steroid dienone is 4. The largest absolute Gasteiger partial charge is 0.497 e. The van der Waals surface area contributed by atoms with E-state index in [4.69, 9.17) is 16.3 Å². The van der Waals surface area contributed by atoms with Crippen LogP contribution in [0.4, 0.5) is 0 Å². The molecule has 0 bridgehead atoms. The Balaban J connectivity index is 4.24. The summed E-state index contributed by atoms with van der Waals surface area (Å²) in [6.45, 7) is 5.40. The molecule has 2 heteroatoms. The number of ether oxygens (including phenoxy) is 1. The van der Waals surface area contributed by atoms with Gasteiger partial charge in [-0.25, -0.2) is 0 Å². The molecule has 0 aromatic carbocycles. The maximum atomic E-state index is 5.67. The molecule has 0 aromatic heterocycles. The van der Waals surface area contributed by atoms with Crippen molar-refractivity contribution in [3.05, 3.63) is 35.6 Å². The Morgan fingerprint density at radius 2 is 2.20 bits per heavy atom. The van der Waals surface area contributed by atoms with Crippen molar-refractivity contribution in [3.63, 3.8) is 0 Å². The van der Waals surface area contributed by atoms with Crippen molar-refractivity contribution in [1.82, 2.24) is 0 Å². The molecule has 0 spiro atoms. The van der Waals surface area contributed by atoms with Gasteiger partial charge >= 0.3 is 0 Å². The third-order valence-electron chi connectivity index (χ3n) is 0.993. The Morgan fingerprint density at radius 3 is 2.50 bits per heavy atom. The van der Waals surface area contributed by atoms with E-state index >= 15 is 0 Å². The Morgan fingerprint density at radius 1 is 1.60 bits per heavy atom. The Labute approximate surface area is 66.6 Å². The summed E-state index contributed by atoms with van der Waals surface area (Å²) in [6, 6.07) is 0. The molecular weight excluding hydrogens is 148 g/mol. The van der Waals surface area contributed by atoms with Crippen LogP contribution in [-0.2, 0) is 4.74 Å². The summed E-state index contributed by atoms with van der Waals surface area (Å²) in [5.74, 6) is 0.670. The van der Waals surface area contributed by atoms with E-state index in [1.165, 1.54) is 0 Å². The summed E-state index contributed by atoms with van der Waals surface area (Å²) in [7, 11) is 1.58. The second-order valence-corrected chi connectivity index (χ2v) is 2.06. The highest BCUT2D eigenvalue weighted by atomic mass is 35.5. The van der Waals surface area contributed by atoms with Gasteiger partial charge in [0.05, 0.1) is 7.11 Å². The highest BCUT2D eigenvalue weighted by molar-refractivity contribution is 6.31. The van der Waals surface area contributed by atoms with Crippen LogP contribution in [0.25, 0.3) is 0 Å². The zero-order valence-corrected chi connectivity index (χ0v) is 6.98. The van der Waals surface area contributed by atoms with E-state index in [2.05, 4.69) is 6.58 Å². The molecule has 1 nitrogen and oxygen atoms in total. The fourth-order valence-corrected chi connectivity index (χ4v) is 0.528. The molecular formula is C8H11ClO. The van der Waals surface area contributed by atoms with Gasteiger partial charge in [0.25, 0.3) is 0 Å². The lowest BCUT2D eigenvalue weighted by Crippen LogP contribution is -1.79. The quantitative estimate of drug-likeness (QED) is 0.454. The van der Waals surface area contributed by atoms with Crippen molar-refractivity contribution in [2.75, 3.05) is 7.11 Å². The number of hydrogen-bond acceptors (Lipinski definition) is 1. The van der Waals surface area contributed by atoms with Gasteiger partial charge in [-0.15, -0.1) is 0 Å². The van der Waals surface area contributed by atoms with Gasteiger partial charge in [-0.05, 0) is 19.1 Å². The third-order valence-corrected chi connectivity index (χ3v) is 1.32. The number of rotatable bonds is 3. The average molecular weight is 159 g/mol. The summed E-state index contributed by atoms with van der Waals surface area (Å²) in [6.07, 6.45) is 5.09. The smallest absolute Gasteiger partial charge is 0.119 e. The predicted molar refractivity (Wildman–Crippen MR) is 44.9 cm³/mol. The Bertz CT molecular complexity index is 168. The zero-order valence-electron chi connectivity index (χ0n) is 6.23.